The number of esters is 1. The maximum absolute atomic E-state index is 12.3. The van der Waals surface area contributed by atoms with Crippen LogP contribution in [0.4, 0.5) is 0 Å². The predicted octanol–water partition coefficient (Wildman–Crippen LogP) is 1.79. The van der Waals surface area contributed by atoms with Crippen LogP contribution in [0, 0.1) is 0 Å². The second kappa shape index (κ2) is 6.53. The molecule has 1 N–H and O–H groups in total. The lowest BCUT2D eigenvalue weighted by atomic mass is 9.97. The molecule has 106 valence electrons. The van der Waals surface area contributed by atoms with E-state index >= 15 is 0 Å². The lowest BCUT2D eigenvalue weighted by Crippen LogP contribution is -2.58. The Bertz CT molecular complexity index is 281. The van der Waals surface area contributed by atoms with E-state index in [1.54, 1.807) is 0 Å². The summed E-state index contributed by atoms with van der Waals surface area (Å²) in [6.45, 7) is 12.6. The summed E-state index contributed by atoms with van der Waals surface area (Å²) in [5, 5.41) is 3.50. The number of ether oxygens (including phenoxy) is 1. The van der Waals surface area contributed by atoms with Crippen LogP contribution in [0.2, 0.25) is 0 Å². The van der Waals surface area contributed by atoms with Crippen LogP contribution in [-0.2, 0) is 9.53 Å². The Morgan fingerprint density at radius 2 is 2.06 bits per heavy atom. The number of carbonyl (C=O) groups excluding carboxylic acids is 1. The van der Waals surface area contributed by atoms with Crippen molar-refractivity contribution in [3.63, 3.8) is 0 Å². The molecular weight excluding hydrogens is 228 g/mol. The number of likely N-dealkylation sites (tertiary alicyclic amines) is 1. The third-order valence-electron chi connectivity index (χ3n) is 3.83. The maximum Gasteiger partial charge on any atom is 0.327 e. The molecule has 1 fully saturated rings. The van der Waals surface area contributed by atoms with Crippen molar-refractivity contribution in [3.8, 4) is 0 Å². The van der Waals surface area contributed by atoms with Gasteiger partial charge in [0.2, 0.25) is 0 Å². The SMILES string of the molecule is CCOC(=O)C1(NC(C)CC)CCN(C(C)C)C1. The fourth-order valence-electron chi connectivity index (χ4n) is 2.47. The average Bonchev–Trinajstić information content (AvgIpc) is 2.75. The van der Waals surface area contributed by atoms with Crippen LogP contribution in [0.1, 0.15) is 47.5 Å². The molecule has 0 aliphatic carbocycles. The van der Waals surface area contributed by atoms with E-state index in [0.717, 1.165) is 25.9 Å². The highest BCUT2D eigenvalue weighted by atomic mass is 16.5. The molecule has 2 unspecified atom stereocenters. The van der Waals surface area contributed by atoms with Crippen molar-refractivity contribution in [1.82, 2.24) is 10.2 Å². The van der Waals surface area contributed by atoms with Crippen LogP contribution in [0.25, 0.3) is 0 Å². The van der Waals surface area contributed by atoms with Crippen molar-refractivity contribution < 1.29 is 9.53 Å². The minimum Gasteiger partial charge on any atom is -0.465 e. The highest BCUT2D eigenvalue weighted by molar-refractivity contribution is 5.81. The van der Waals surface area contributed by atoms with E-state index < -0.39 is 5.54 Å². The average molecular weight is 256 g/mol. The lowest BCUT2D eigenvalue weighted by molar-refractivity contribution is -0.151. The summed E-state index contributed by atoms with van der Waals surface area (Å²) in [5.74, 6) is -0.0894. The van der Waals surface area contributed by atoms with Crippen LogP contribution < -0.4 is 5.32 Å². The van der Waals surface area contributed by atoms with Gasteiger partial charge in [-0.15, -0.1) is 0 Å². The van der Waals surface area contributed by atoms with Crippen LogP contribution in [0.5, 0.6) is 0 Å². The van der Waals surface area contributed by atoms with Crippen molar-refractivity contribution >= 4 is 5.97 Å². The lowest BCUT2D eigenvalue weighted by Gasteiger charge is -2.32. The van der Waals surface area contributed by atoms with Crippen molar-refractivity contribution in [2.75, 3.05) is 19.7 Å². The largest absolute Gasteiger partial charge is 0.465 e. The van der Waals surface area contributed by atoms with E-state index in [9.17, 15) is 4.79 Å². The van der Waals surface area contributed by atoms with Crippen LogP contribution >= 0.6 is 0 Å². The second-order valence-corrected chi connectivity index (χ2v) is 5.57. The highest BCUT2D eigenvalue weighted by Gasteiger charge is 2.46. The standard InChI is InChI=1S/C14H28N2O2/c1-6-12(5)15-14(13(17)18-7-2)8-9-16(10-14)11(3)4/h11-12,15H,6-10H2,1-5H3. The Morgan fingerprint density at radius 1 is 1.39 bits per heavy atom. The van der Waals surface area contributed by atoms with Crippen molar-refractivity contribution in [2.24, 2.45) is 0 Å². The smallest absolute Gasteiger partial charge is 0.327 e. The summed E-state index contributed by atoms with van der Waals surface area (Å²) in [4.78, 5) is 14.6. The Hall–Kier alpha value is -0.610. The van der Waals surface area contributed by atoms with Gasteiger partial charge >= 0.3 is 5.97 Å². The topological polar surface area (TPSA) is 41.6 Å². The molecule has 0 saturated carbocycles. The summed E-state index contributed by atoms with van der Waals surface area (Å²) in [5.41, 5.74) is -0.504. The minimum absolute atomic E-state index is 0.0894. The number of rotatable bonds is 6. The zero-order chi connectivity index (χ0) is 13.8. The van der Waals surface area contributed by atoms with E-state index in [1.807, 2.05) is 6.92 Å². The Labute approximate surface area is 111 Å². The van der Waals surface area contributed by atoms with Gasteiger partial charge in [-0.3, -0.25) is 10.2 Å². The summed E-state index contributed by atoms with van der Waals surface area (Å²) in [6.07, 6.45) is 1.86. The van der Waals surface area contributed by atoms with Gasteiger partial charge < -0.3 is 4.74 Å². The Kier molecular flexibility index (Phi) is 5.60. The van der Waals surface area contributed by atoms with Gasteiger partial charge in [0.15, 0.2) is 0 Å². The summed E-state index contributed by atoms with van der Waals surface area (Å²) in [6, 6.07) is 0.807. The molecule has 4 heteroatoms. The molecular formula is C14H28N2O2. The van der Waals surface area contributed by atoms with Crippen molar-refractivity contribution in [2.45, 2.75) is 65.1 Å². The van der Waals surface area contributed by atoms with Gasteiger partial charge in [-0.25, -0.2) is 4.79 Å². The Balaban J connectivity index is 2.79. The van der Waals surface area contributed by atoms with Gasteiger partial charge in [0.05, 0.1) is 6.61 Å². The number of hydrogen-bond acceptors (Lipinski definition) is 4. The second-order valence-electron chi connectivity index (χ2n) is 5.57. The monoisotopic (exact) mass is 256 g/mol. The van der Waals surface area contributed by atoms with Gasteiger partial charge in [0.1, 0.15) is 5.54 Å². The van der Waals surface area contributed by atoms with Crippen LogP contribution in [0.3, 0.4) is 0 Å². The normalized spacial score (nSPS) is 26.6. The molecule has 0 bridgehead atoms. The van der Waals surface area contributed by atoms with Crippen molar-refractivity contribution in [3.05, 3.63) is 0 Å². The van der Waals surface area contributed by atoms with Gasteiger partial charge in [-0.1, -0.05) is 6.92 Å². The molecule has 0 aromatic heterocycles. The van der Waals surface area contributed by atoms with Crippen LogP contribution in [-0.4, -0.2) is 48.2 Å². The molecule has 4 nitrogen and oxygen atoms in total. The first-order chi connectivity index (χ1) is 8.45. The van der Waals surface area contributed by atoms with E-state index in [4.69, 9.17) is 4.74 Å². The van der Waals surface area contributed by atoms with E-state index in [2.05, 4.69) is 37.9 Å². The van der Waals surface area contributed by atoms with E-state index in [1.165, 1.54) is 0 Å². The van der Waals surface area contributed by atoms with E-state index in [0.29, 0.717) is 18.7 Å². The third kappa shape index (κ3) is 3.45. The van der Waals surface area contributed by atoms with Gasteiger partial charge in [0, 0.05) is 25.2 Å². The van der Waals surface area contributed by atoms with Crippen molar-refractivity contribution in [1.29, 1.82) is 0 Å². The molecule has 0 aromatic rings. The molecule has 0 aromatic carbocycles. The van der Waals surface area contributed by atoms with Gasteiger partial charge in [-0.05, 0) is 40.5 Å². The third-order valence-corrected chi connectivity index (χ3v) is 3.83. The Morgan fingerprint density at radius 3 is 2.50 bits per heavy atom. The molecule has 0 radical (unpaired) electrons. The number of hydrogen-bond donors (Lipinski definition) is 1. The predicted molar refractivity (Wildman–Crippen MR) is 73.6 cm³/mol. The first-order valence-corrected chi connectivity index (χ1v) is 7.14. The number of nitrogens with zero attached hydrogens (tertiary/aromatic N) is 1. The van der Waals surface area contributed by atoms with Gasteiger partial charge in [0.25, 0.3) is 0 Å². The zero-order valence-electron chi connectivity index (χ0n) is 12.5. The fraction of sp³-hybridized carbons (Fsp3) is 0.929. The molecule has 1 heterocycles. The summed E-state index contributed by atoms with van der Waals surface area (Å²) >= 11 is 0. The van der Waals surface area contributed by atoms with Gasteiger partial charge in [-0.2, -0.15) is 0 Å². The molecule has 0 amide bonds. The fourth-order valence-corrected chi connectivity index (χ4v) is 2.47. The van der Waals surface area contributed by atoms with Crippen LogP contribution in [0.15, 0.2) is 0 Å². The van der Waals surface area contributed by atoms with E-state index in [-0.39, 0.29) is 5.97 Å². The quantitative estimate of drug-likeness (QED) is 0.736. The number of carbonyl (C=O) groups is 1. The first kappa shape index (κ1) is 15.4. The highest BCUT2D eigenvalue weighted by Crippen LogP contribution is 2.25. The molecule has 2 atom stereocenters. The summed E-state index contributed by atoms with van der Waals surface area (Å²) in [7, 11) is 0. The maximum atomic E-state index is 12.3. The molecule has 1 rings (SSSR count). The molecule has 1 aliphatic rings. The zero-order valence-corrected chi connectivity index (χ0v) is 12.5. The first-order valence-electron chi connectivity index (χ1n) is 7.14. The minimum atomic E-state index is -0.504. The number of nitrogens with one attached hydrogen (secondary N) is 1. The molecule has 18 heavy (non-hydrogen) atoms. The molecule has 0 spiro atoms. The molecule has 1 saturated heterocycles. The molecule has 1 aliphatic heterocycles. The summed E-state index contributed by atoms with van der Waals surface area (Å²) < 4.78 is 5.27.